The number of phenolic OH excluding ortho intramolecular Hbond substituents is 1. The SMILES string of the molecule is CC(C)(C)c1cc(CBr)c(O)c(C2=C(c3ccccc3)CCC=C2c2ccccc2)c1. The number of allylic oxidation sites excluding steroid dienone is 4. The van der Waals surface area contributed by atoms with Crippen LogP contribution in [0.2, 0.25) is 0 Å². The van der Waals surface area contributed by atoms with Gasteiger partial charge in [0.2, 0.25) is 0 Å². The normalized spacial score (nSPS) is 14.5. The van der Waals surface area contributed by atoms with E-state index < -0.39 is 0 Å². The largest absolute Gasteiger partial charge is 0.507 e. The fourth-order valence-electron chi connectivity index (χ4n) is 4.29. The Kier molecular flexibility index (Phi) is 6.20. The van der Waals surface area contributed by atoms with Gasteiger partial charge >= 0.3 is 0 Å². The van der Waals surface area contributed by atoms with Crippen LogP contribution < -0.4 is 0 Å². The van der Waals surface area contributed by atoms with Gasteiger partial charge in [-0.25, -0.2) is 0 Å². The molecule has 0 unspecified atom stereocenters. The first-order valence-corrected chi connectivity index (χ1v) is 12.0. The minimum absolute atomic E-state index is 0.0157. The van der Waals surface area contributed by atoms with Crippen LogP contribution in [0, 0.1) is 0 Å². The number of rotatable bonds is 4. The molecule has 0 bridgehead atoms. The smallest absolute Gasteiger partial charge is 0.127 e. The first-order valence-electron chi connectivity index (χ1n) is 10.9. The molecule has 158 valence electrons. The number of phenols is 1. The summed E-state index contributed by atoms with van der Waals surface area (Å²) in [5, 5.41) is 12.0. The number of hydrogen-bond acceptors (Lipinski definition) is 1. The predicted molar refractivity (Wildman–Crippen MR) is 136 cm³/mol. The summed E-state index contributed by atoms with van der Waals surface area (Å²) in [6.45, 7) is 6.67. The fraction of sp³-hybridized carbons (Fsp3) is 0.241. The zero-order chi connectivity index (χ0) is 22.0. The second-order valence-corrected chi connectivity index (χ2v) is 9.72. The van der Waals surface area contributed by atoms with E-state index in [1.54, 1.807) is 0 Å². The first-order chi connectivity index (χ1) is 14.9. The first kappa shape index (κ1) is 21.6. The molecule has 4 rings (SSSR count). The number of aromatic hydroxyl groups is 1. The minimum Gasteiger partial charge on any atom is -0.507 e. The lowest BCUT2D eigenvalue weighted by atomic mass is 9.77. The van der Waals surface area contributed by atoms with Crippen LogP contribution in [0.4, 0.5) is 0 Å². The van der Waals surface area contributed by atoms with Gasteiger partial charge in [0.05, 0.1) is 0 Å². The Labute approximate surface area is 194 Å². The van der Waals surface area contributed by atoms with Crippen LogP contribution >= 0.6 is 15.9 Å². The van der Waals surface area contributed by atoms with Crippen molar-refractivity contribution in [1.82, 2.24) is 0 Å². The van der Waals surface area contributed by atoms with Gasteiger partial charge in [-0.15, -0.1) is 0 Å². The summed E-state index contributed by atoms with van der Waals surface area (Å²) < 4.78 is 0. The summed E-state index contributed by atoms with van der Waals surface area (Å²) in [5.74, 6) is 0.372. The van der Waals surface area contributed by atoms with Crippen LogP contribution in [0.1, 0.15) is 61.4 Å². The molecule has 0 atom stereocenters. The van der Waals surface area contributed by atoms with Crippen LogP contribution in [0.3, 0.4) is 0 Å². The quantitative estimate of drug-likeness (QED) is 0.378. The Balaban J connectivity index is 2.05. The maximum absolute atomic E-state index is 11.4. The van der Waals surface area contributed by atoms with E-state index in [-0.39, 0.29) is 5.41 Å². The molecule has 3 aromatic rings. The summed E-state index contributed by atoms with van der Waals surface area (Å²) in [7, 11) is 0. The van der Waals surface area contributed by atoms with Crippen LogP contribution in [0.5, 0.6) is 5.75 Å². The lowest BCUT2D eigenvalue weighted by Gasteiger charge is -2.27. The van der Waals surface area contributed by atoms with Crippen LogP contribution in [0.25, 0.3) is 16.7 Å². The van der Waals surface area contributed by atoms with Crippen molar-refractivity contribution in [3.8, 4) is 5.75 Å². The maximum atomic E-state index is 11.4. The van der Waals surface area contributed by atoms with Crippen LogP contribution in [-0.2, 0) is 10.7 Å². The van der Waals surface area contributed by atoms with Gasteiger partial charge in [-0.1, -0.05) is 110 Å². The van der Waals surface area contributed by atoms with Crippen molar-refractivity contribution in [2.75, 3.05) is 0 Å². The highest BCUT2D eigenvalue weighted by Crippen LogP contribution is 2.47. The molecule has 2 heteroatoms. The van der Waals surface area contributed by atoms with Gasteiger partial charge in [-0.05, 0) is 57.7 Å². The number of alkyl halides is 1. The monoisotopic (exact) mass is 472 g/mol. The highest BCUT2D eigenvalue weighted by atomic mass is 79.9. The minimum atomic E-state index is -0.0157. The van der Waals surface area contributed by atoms with Crippen molar-refractivity contribution in [1.29, 1.82) is 0 Å². The van der Waals surface area contributed by atoms with Gasteiger partial charge < -0.3 is 5.11 Å². The van der Waals surface area contributed by atoms with Crippen molar-refractivity contribution < 1.29 is 5.11 Å². The second kappa shape index (κ2) is 8.88. The molecule has 0 amide bonds. The van der Waals surface area contributed by atoms with Gasteiger partial charge in [0, 0.05) is 16.5 Å². The molecule has 0 fully saturated rings. The molecular weight excluding hydrogens is 444 g/mol. The molecular formula is C29H29BrO. The molecule has 31 heavy (non-hydrogen) atoms. The van der Waals surface area contributed by atoms with Gasteiger partial charge in [-0.3, -0.25) is 0 Å². The van der Waals surface area contributed by atoms with Crippen molar-refractivity contribution in [2.24, 2.45) is 0 Å². The fourth-order valence-corrected chi connectivity index (χ4v) is 4.71. The third kappa shape index (κ3) is 4.41. The van der Waals surface area contributed by atoms with Crippen molar-refractivity contribution in [3.05, 3.63) is 107 Å². The molecule has 0 spiro atoms. The zero-order valence-electron chi connectivity index (χ0n) is 18.5. The van der Waals surface area contributed by atoms with Crippen LogP contribution in [-0.4, -0.2) is 5.11 Å². The van der Waals surface area contributed by atoms with E-state index in [1.807, 2.05) is 0 Å². The molecule has 3 aromatic carbocycles. The third-order valence-electron chi connectivity index (χ3n) is 5.99. The Bertz CT molecular complexity index is 1130. The lowest BCUT2D eigenvalue weighted by Crippen LogP contribution is -2.13. The van der Waals surface area contributed by atoms with E-state index in [1.165, 1.54) is 27.8 Å². The van der Waals surface area contributed by atoms with Crippen molar-refractivity contribution in [2.45, 2.75) is 44.4 Å². The second-order valence-electron chi connectivity index (χ2n) is 9.16. The highest BCUT2D eigenvalue weighted by molar-refractivity contribution is 9.08. The van der Waals surface area contributed by atoms with E-state index in [0.29, 0.717) is 11.1 Å². The average Bonchev–Trinajstić information content (AvgIpc) is 2.79. The van der Waals surface area contributed by atoms with Crippen molar-refractivity contribution in [3.63, 3.8) is 0 Å². The lowest BCUT2D eigenvalue weighted by molar-refractivity contribution is 0.467. The predicted octanol–water partition coefficient (Wildman–Crippen LogP) is 8.37. The zero-order valence-corrected chi connectivity index (χ0v) is 20.0. The summed E-state index contributed by atoms with van der Waals surface area (Å²) in [6, 6.07) is 25.5. The topological polar surface area (TPSA) is 20.2 Å². The molecule has 0 saturated carbocycles. The summed E-state index contributed by atoms with van der Waals surface area (Å²) >= 11 is 3.60. The summed E-state index contributed by atoms with van der Waals surface area (Å²) in [4.78, 5) is 0. The average molecular weight is 473 g/mol. The molecule has 0 heterocycles. The molecule has 0 aromatic heterocycles. The molecule has 1 aliphatic rings. The highest BCUT2D eigenvalue weighted by Gasteiger charge is 2.26. The number of halogens is 1. The van der Waals surface area contributed by atoms with Gasteiger partial charge in [0.1, 0.15) is 5.75 Å². The van der Waals surface area contributed by atoms with Gasteiger partial charge in [-0.2, -0.15) is 0 Å². The van der Waals surface area contributed by atoms with E-state index in [9.17, 15) is 5.11 Å². The Morgan fingerprint density at radius 3 is 2.06 bits per heavy atom. The molecule has 0 radical (unpaired) electrons. The number of benzene rings is 3. The Hall–Kier alpha value is -2.58. The van der Waals surface area contributed by atoms with Crippen molar-refractivity contribution >= 4 is 32.6 Å². The number of hydrogen-bond donors (Lipinski definition) is 1. The summed E-state index contributed by atoms with van der Waals surface area (Å²) in [6.07, 6.45) is 4.27. The summed E-state index contributed by atoms with van der Waals surface area (Å²) in [5.41, 5.74) is 9.12. The van der Waals surface area contributed by atoms with E-state index in [0.717, 1.165) is 29.5 Å². The Morgan fingerprint density at radius 1 is 0.871 bits per heavy atom. The standard InChI is InChI=1S/C29H29BrO/c1-29(2,3)23-17-22(19-30)28(31)26(18-23)27-24(20-11-6-4-7-12-20)15-10-16-25(27)21-13-8-5-9-14-21/h4-9,11-15,17-18,31H,10,16,19H2,1-3H3. The van der Waals surface area contributed by atoms with E-state index in [2.05, 4.69) is 116 Å². The van der Waals surface area contributed by atoms with Gasteiger partial charge in [0.25, 0.3) is 0 Å². The molecule has 1 N–H and O–H groups in total. The molecule has 1 nitrogen and oxygen atoms in total. The van der Waals surface area contributed by atoms with Crippen LogP contribution in [0.15, 0.2) is 78.9 Å². The third-order valence-corrected chi connectivity index (χ3v) is 6.59. The molecule has 1 aliphatic carbocycles. The van der Waals surface area contributed by atoms with E-state index >= 15 is 0 Å². The van der Waals surface area contributed by atoms with E-state index in [4.69, 9.17) is 0 Å². The molecule has 0 aliphatic heterocycles. The molecule has 0 saturated heterocycles. The maximum Gasteiger partial charge on any atom is 0.127 e. The Morgan fingerprint density at radius 2 is 1.48 bits per heavy atom. The van der Waals surface area contributed by atoms with Gasteiger partial charge in [0.15, 0.2) is 0 Å².